The van der Waals surface area contributed by atoms with Crippen LogP contribution in [0.15, 0.2) is 22.9 Å². The highest BCUT2D eigenvalue weighted by Gasteiger charge is 2.23. The van der Waals surface area contributed by atoms with Crippen molar-refractivity contribution in [1.29, 1.82) is 0 Å². The molecule has 0 aliphatic heterocycles. The zero-order chi connectivity index (χ0) is 10.8. The van der Waals surface area contributed by atoms with E-state index < -0.39 is 8.07 Å². The Labute approximate surface area is 89.5 Å². The molecule has 1 rings (SSSR count). The van der Waals surface area contributed by atoms with Crippen molar-refractivity contribution in [3.05, 3.63) is 22.9 Å². The van der Waals surface area contributed by atoms with E-state index in [1.54, 1.807) is 10.8 Å². The molecule has 14 heavy (non-hydrogen) atoms. The summed E-state index contributed by atoms with van der Waals surface area (Å²) in [6.45, 7) is 8.52. The van der Waals surface area contributed by atoms with Crippen molar-refractivity contribution in [1.82, 2.24) is 4.90 Å². The van der Waals surface area contributed by atoms with Gasteiger partial charge in [-0.15, -0.1) is 0 Å². The Morgan fingerprint density at radius 2 is 1.93 bits per heavy atom. The van der Waals surface area contributed by atoms with Crippen molar-refractivity contribution in [2.45, 2.75) is 32.5 Å². The minimum absolute atomic E-state index is 1.06. The average Bonchev–Trinajstić information content (AvgIpc) is 2.46. The molecule has 0 unspecified atom stereocenters. The van der Waals surface area contributed by atoms with Crippen molar-refractivity contribution in [3.63, 3.8) is 0 Å². The first-order valence-corrected chi connectivity index (χ1v) is 8.95. The maximum atomic E-state index is 2.45. The number of rotatable bonds is 4. The predicted molar refractivity (Wildman–Crippen MR) is 67.3 cm³/mol. The summed E-state index contributed by atoms with van der Waals surface area (Å²) in [7, 11) is 3.23. The predicted octanol–water partition coefficient (Wildman–Crippen LogP) is 3.07. The summed E-state index contributed by atoms with van der Waals surface area (Å²) in [6, 6.07) is 0. The lowest BCUT2D eigenvalue weighted by atomic mass is 10.2. The molecular formula is C12H23NSi. The maximum absolute atomic E-state index is 2.45. The molecule has 0 aromatic heterocycles. The first-order valence-electron chi connectivity index (χ1n) is 5.45. The van der Waals surface area contributed by atoms with Gasteiger partial charge >= 0.3 is 0 Å². The highest BCUT2D eigenvalue weighted by atomic mass is 28.3. The van der Waals surface area contributed by atoms with E-state index in [1.807, 2.05) is 0 Å². The Kier molecular flexibility index (Phi) is 3.73. The monoisotopic (exact) mass is 209 g/mol. The molecule has 0 atom stereocenters. The second-order valence-corrected chi connectivity index (χ2v) is 10.5. The van der Waals surface area contributed by atoms with Crippen LogP contribution >= 0.6 is 0 Å². The molecular weight excluding hydrogens is 186 g/mol. The fourth-order valence-electron chi connectivity index (χ4n) is 1.92. The third-order valence-electron chi connectivity index (χ3n) is 2.76. The van der Waals surface area contributed by atoms with Crippen LogP contribution in [-0.4, -0.2) is 33.6 Å². The molecule has 0 aromatic rings. The molecule has 0 aromatic carbocycles. The molecule has 0 spiro atoms. The van der Waals surface area contributed by atoms with E-state index in [-0.39, 0.29) is 0 Å². The van der Waals surface area contributed by atoms with E-state index in [0.29, 0.717) is 0 Å². The summed E-state index contributed by atoms with van der Waals surface area (Å²) in [5.74, 6) is 0. The zero-order valence-electron chi connectivity index (χ0n) is 10.2. The molecule has 0 bridgehead atoms. The molecule has 0 N–H and O–H groups in total. The SMILES string of the molecule is CN(C)CCC1=C([Si](C)(C)C)CC=C1. The smallest absolute Gasteiger partial charge is 0.0732 e. The first kappa shape index (κ1) is 11.7. The van der Waals surface area contributed by atoms with Crippen LogP contribution in [-0.2, 0) is 0 Å². The quantitative estimate of drug-likeness (QED) is 0.643. The summed E-state index contributed by atoms with van der Waals surface area (Å²) in [6.07, 6.45) is 7.12. The Hall–Kier alpha value is -0.343. The second kappa shape index (κ2) is 4.45. The minimum atomic E-state index is -1.06. The Morgan fingerprint density at radius 1 is 1.29 bits per heavy atom. The average molecular weight is 209 g/mol. The molecule has 1 aliphatic carbocycles. The van der Waals surface area contributed by atoms with Crippen LogP contribution in [0.3, 0.4) is 0 Å². The summed E-state index contributed by atoms with van der Waals surface area (Å²) in [5.41, 5.74) is 1.62. The molecule has 1 nitrogen and oxygen atoms in total. The third kappa shape index (κ3) is 3.10. The van der Waals surface area contributed by atoms with Crippen molar-refractivity contribution in [3.8, 4) is 0 Å². The number of hydrogen-bond acceptors (Lipinski definition) is 1. The van der Waals surface area contributed by atoms with E-state index in [0.717, 1.165) is 0 Å². The van der Waals surface area contributed by atoms with Gasteiger partial charge in [-0.05, 0) is 26.9 Å². The van der Waals surface area contributed by atoms with Gasteiger partial charge in [0.15, 0.2) is 0 Å². The van der Waals surface area contributed by atoms with Crippen LogP contribution in [0.4, 0.5) is 0 Å². The molecule has 0 saturated carbocycles. The third-order valence-corrected chi connectivity index (χ3v) is 5.10. The van der Waals surface area contributed by atoms with Crippen LogP contribution in [0.2, 0.25) is 19.6 Å². The van der Waals surface area contributed by atoms with E-state index >= 15 is 0 Å². The lowest BCUT2D eigenvalue weighted by molar-refractivity contribution is 0.414. The molecule has 0 fully saturated rings. The van der Waals surface area contributed by atoms with E-state index in [9.17, 15) is 0 Å². The highest BCUT2D eigenvalue weighted by molar-refractivity contribution is 6.83. The van der Waals surface area contributed by atoms with Gasteiger partial charge in [-0.3, -0.25) is 0 Å². The van der Waals surface area contributed by atoms with Crippen LogP contribution in [0.5, 0.6) is 0 Å². The van der Waals surface area contributed by atoms with Crippen LogP contribution < -0.4 is 0 Å². The fourth-order valence-corrected chi connectivity index (χ4v) is 3.82. The van der Waals surface area contributed by atoms with Gasteiger partial charge in [0.25, 0.3) is 0 Å². The van der Waals surface area contributed by atoms with Gasteiger partial charge in [0, 0.05) is 6.54 Å². The topological polar surface area (TPSA) is 3.24 Å². The van der Waals surface area contributed by atoms with Gasteiger partial charge in [-0.2, -0.15) is 0 Å². The maximum Gasteiger partial charge on any atom is 0.0732 e. The Balaban J connectivity index is 2.67. The molecule has 0 amide bonds. The van der Waals surface area contributed by atoms with E-state index in [2.05, 4.69) is 50.8 Å². The Morgan fingerprint density at radius 3 is 2.43 bits per heavy atom. The van der Waals surface area contributed by atoms with Crippen LogP contribution in [0, 0.1) is 0 Å². The summed E-state index contributed by atoms with van der Waals surface area (Å²) in [4.78, 5) is 2.26. The normalized spacial score (nSPS) is 17.3. The second-order valence-electron chi connectivity index (χ2n) is 5.41. The number of hydrogen-bond donors (Lipinski definition) is 0. The number of nitrogens with zero attached hydrogens (tertiary/aromatic N) is 1. The van der Waals surface area contributed by atoms with E-state index in [1.165, 1.54) is 19.4 Å². The van der Waals surface area contributed by atoms with Crippen LogP contribution in [0.25, 0.3) is 0 Å². The number of allylic oxidation sites excluding steroid dienone is 3. The fraction of sp³-hybridized carbons (Fsp3) is 0.667. The first-order chi connectivity index (χ1) is 6.41. The Bertz CT molecular complexity index is 256. The molecule has 0 heterocycles. The van der Waals surface area contributed by atoms with Crippen molar-refractivity contribution in [2.75, 3.05) is 20.6 Å². The lowest BCUT2D eigenvalue weighted by Crippen LogP contribution is -2.24. The molecule has 0 radical (unpaired) electrons. The summed E-state index contributed by atoms with van der Waals surface area (Å²) >= 11 is 0. The molecule has 1 aliphatic rings. The summed E-state index contributed by atoms with van der Waals surface area (Å²) < 4.78 is 0. The van der Waals surface area contributed by atoms with Gasteiger partial charge < -0.3 is 4.90 Å². The van der Waals surface area contributed by atoms with Gasteiger partial charge in [-0.1, -0.05) is 42.6 Å². The molecule has 0 saturated heterocycles. The zero-order valence-corrected chi connectivity index (χ0v) is 11.2. The van der Waals surface area contributed by atoms with E-state index in [4.69, 9.17) is 0 Å². The van der Waals surface area contributed by atoms with Gasteiger partial charge in [0.05, 0.1) is 8.07 Å². The van der Waals surface area contributed by atoms with Crippen molar-refractivity contribution in [2.24, 2.45) is 0 Å². The largest absolute Gasteiger partial charge is 0.309 e. The molecule has 2 heteroatoms. The van der Waals surface area contributed by atoms with Gasteiger partial charge in [0.1, 0.15) is 0 Å². The van der Waals surface area contributed by atoms with Gasteiger partial charge in [-0.25, -0.2) is 0 Å². The standard InChI is InChI=1S/C12H23NSi/c1-13(2)10-9-11-7-6-8-12(11)14(3,4)5/h6-7H,8-10H2,1-5H3. The summed E-state index contributed by atoms with van der Waals surface area (Å²) in [5, 5.41) is 1.76. The lowest BCUT2D eigenvalue weighted by Gasteiger charge is -2.21. The highest BCUT2D eigenvalue weighted by Crippen LogP contribution is 2.29. The van der Waals surface area contributed by atoms with Crippen molar-refractivity contribution >= 4 is 8.07 Å². The molecule has 80 valence electrons. The minimum Gasteiger partial charge on any atom is -0.309 e. The van der Waals surface area contributed by atoms with Crippen LogP contribution in [0.1, 0.15) is 12.8 Å². The van der Waals surface area contributed by atoms with Crippen molar-refractivity contribution < 1.29 is 0 Å². The van der Waals surface area contributed by atoms with Gasteiger partial charge in [0.2, 0.25) is 0 Å².